The molecule has 1 aliphatic carbocycles. The summed E-state index contributed by atoms with van der Waals surface area (Å²) in [5, 5.41) is 10.1. The van der Waals surface area contributed by atoms with Crippen LogP contribution in [0.25, 0.3) is 0 Å². The van der Waals surface area contributed by atoms with Crippen molar-refractivity contribution in [2.45, 2.75) is 31.2 Å². The molecule has 2 bridgehead atoms. The van der Waals surface area contributed by atoms with E-state index in [9.17, 15) is 5.11 Å². The van der Waals surface area contributed by atoms with E-state index in [1.54, 1.807) is 0 Å². The number of fused-ring (bicyclic) bond motifs is 4. The van der Waals surface area contributed by atoms with Crippen LogP contribution in [0.4, 0.5) is 0 Å². The Morgan fingerprint density at radius 1 is 1.09 bits per heavy atom. The quantitative estimate of drug-likeness (QED) is 0.796. The fourth-order valence-electron chi connectivity index (χ4n) is 5.28. The third-order valence-electron chi connectivity index (χ3n) is 6.63. The molecule has 2 aromatic carbocycles. The van der Waals surface area contributed by atoms with Crippen LogP contribution in [-0.4, -0.2) is 36.3 Å². The molecule has 0 unspecified atom stereocenters. The van der Waals surface area contributed by atoms with Crippen molar-refractivity contribution < 1.29 is 9.59 Å². The lowest BCUT2D eigenvalue weighted by Crippen LogP contribution is -2.65. The van der Waals surface area contributed by atoms with Gasteiger partial charge in [0.1, 0.15) is 5.75 Å². The van der Waals surface area contributed by atoms with E-state index in [2.05, 4.69) is 57.4 Å². The topological polar surface area (TPSA) is 20.2 Å². The van der Waals surface area contributed by atoms with Crippen molar-refractivity contribution in [2.75, 3.05) is 20.6 Å². The third-order valence-corrected chi connectivity index (χ3v) is 6.63. The molecule has 1 heterocycles. The molecule has 2 heteroatoms. The van der Waals surface area contributed by atoms with E-state index in [0.717, 1.165) is 17.3 Å². The highest BCUT2D eigenvalue weighted by atomic mass is 16.3. The summed E-state index contributed by atoms with van der Waals surface area (Å²) in [5.74, 6) is 0.951. The van der Waals surface area contributed by atoms with E-state index in [1.807, 2.05) is 12.1 Å². The number of phenols is 1. The van der Waals surface area contributed by atoms with Crippen LogP contribution in [0.15, 0.2) is 48.5 Å². The first kappa shape index (κ1) is 14.8. The maximum Gasteiger partial charge on any atom is 0.115 e. The molecule has 0 amide bonds. The van der Waals surface area contributed by atoms with Crippen molar-refractivity contribution >= 4 is 0 Å². The predicted octanol–water partition coefficient (Wildman–Crippen LogP) is 3.72. The SMILES string of the molecule is C[C@H]1[C@H]2Cc3ccc(O)cc3[C@]1(c1ccccc1)CC[N+]2(C)C. The third kappa shape index (κ3) is 1.98. The normalized spacial score (nSPS) is 31.4. The van der Waals surface area contributed by atoms with Crippen molar-refractivity contribution in [1.82, 2.24) is 0 Å². The van der Waals surface area contributed by atoms with E-state index >= 15 is 0 Å². The first-order chi connectivity index (χ1) is 10.9. The number of quaternary nitrogens is 1. The van der Waals surface area contributed by atoms with E-state index in [0.29, 0.717) is 17.7 Å². The molecule has 2 nitrogen and oxygen atoms in total. The van der Waals surface area contributed by atoms with Gasteiger partial charge in [0, 0.05) is 24.2 Å². The van der Waals surface area contributed by atoms with Crippen molar-refractivity contribution in [2.24, 2.45) is 5.92 Å². The number of hydrogen-bond donors (Lipinski definition) is 1. The van der Waals surface area contributed by atoms with Gasteiger partial charge in [-0.25, -0.2) is 0 Å². The average Bonchev–Trinajstić information content (AvgIpc) is 2.53. The van der Waals surface area contributed by atoms with Crippen LogP contribution >= 0.6 is 0 Å². The van der Waals surface area contributed by atoms with Crippen LogP contribution in [0.1, 0.15) is 30.0 Å². The van der Waals surface area contributed by atoms with Gasteiger partial charge in [0.25, 0.3) is 0 Å². The largest absolute Gasteiger partial charge is 0.508 e. The molecule has 2 aromatic rings. The molecular weight excluding hydrogens is 282 g/mol. The van der Waals surface area contributed by atoms with Crippen molar-refractivity contribution in [3.05, 3.63) is 65.2 Å². The molecule has 0 spiro atoms. The van der Waals surface area contributed by atoms with Gasteiger partial charge in [0.05, 0.1) is 26.7 Å². The Hall–Kier alpha value is -1.80. The van der Waals surface area contributed by atoms with Gasteiger partial charge in [-0.3, -0.25) is 0 Å². The zero-order chi connectivity index (χ0) is 16.2. The van der Waals surface area contributed by atoms with Crippen molar-refractivity contribution in [3.8, 4) is 5.75 Å². The summed E-state index contributed by atoms with van der Waals surface area (Å²) in [6.45, 7) is 3.60. The molecule has 0 radical (unpaired) electrons. The minimum Gasteiger partial charge on any atom is -0.508 e. The molecule has 23 heavy (non-hydrogen) atoms. The van der Waals surface area contributed by atoms with Gasteiger partial charge >= 0.3 is 0 Å². The lowest BCUT2D eigenvalue weighted by molar-refractivity contribution is -0.926. The number of phenolic OH excluding ortho intramolecular Hbond substituents is 1. The average molecular weight is 308 g/mol. The zero-order valence-electron chi connectivity index (χ0n) is 14.3. The number of hydrogen-bond acceptors (Lipinski definition) is 1. The maximum atomic E-state index is 10.1. The highest BCUT2D eigenvalue weighted by Gasteiger charge is 2.56. The Labute approximate surface area is 139 Å². The molecule has 0 aromatic heterocycles. The number of piperidine rings is 1. The summed E-state index contributed by atoms with van der Waals surface area (Å²) in [7, 11) is 4.75. The zero-order valence-corrected chi connectivity index (χ0v) is 14.3. The standard InChI is InChI=1S/C21H25NO/c1-15-20-13-16-9-10-18(23)14-19(16)21(15,11-12-22(20,2)3)17-7-5-4-6-8-17/h4-10,14-15,20H,11-13H2,1-3H3/p+1/t15-,20+,21+/m0/s1. The van der Waals surface area contributed by atoms with Gasteiger partial charge in [-0.05, 0) is 28.8 Å². The summed E-state index contributed by atoms with van der Waals surface area (Å²) in [4.78, 5) is 0. The molecule has 1 N–H and O–H groups in total. The lowest BCUT2D eigenvalue weighted by Gasteiger charge is -2.58. The number of aromatic hydroxyl groups is 1. The summed E-state index contributed by atoms with van der Waals surface area (Å²) in [5.41, 5.74) is 4.21. The molecule has 3 atom stereocenters. The predicted molar refractivity (Wildman–Crippen MR) is 93.6 cm³/mol. The molecule has 1 saturated heterocycles. The second kappa shape index (κ2) is 4.85. The number of benzene rings is 2. The van der Waals surface area contributed by atoms with Crippen molar-refractivity contribution in [3.63, 3.8) is 0 Å². The van der Waals surface area contributed by atoms with E-state index in [-0.39, 0.29) is 5.41 Å². The van der Waals surface area contributed by atoms with Crippen LogP contribution in [0.3, 0.4) is 0 Å². The fraction of sp³-hybridized carbons (Fsp3) is 0.429. The molecular formula is C21H26NO+. The number of nitrogens with zero attached hydrogens (tertiary/aromatic N) is 1. The second-order valence-electron chi connectivity index (χ2n) is 7.99. The number of likely N-dealkylation sites (tertiary alicyclic amines) is 1. The Kier molecular flexibility index (Phi) is 3.11. The van der Waals surface area contributed by atoms with E-state index in [1.165, 1.54) is 23.2 Å². The van der Waals surface area contributed by atoms with Crippen LogP contribution in [0.2, 0.25) is 0 Å². The molecule has 1 fully saturated rings. The summed E-state index contributed by atoms with van der Waals surface area (Å²) in [6.07, 6.45) is 2.25. The van der Waals surface area contributed by atoms with Crippen LogP contribution in [0.5, 0.6) is 5.75 Å². The number of likely N-dealkylation sites (N-methyl/N-ethyl adjacent to an activating group) is 1. The van der Waals surface area contributed by atoms with Crippen LogP contribution in [-0.2, 0) is 11.8 Å². The molecule has 1 aliphatic heterocycles. The lowest BCUT2D eigenvalue weighted by atomic mass is 9.54. The monoisotopic (exact) mass is 308 g/mol. The molecule has 120 valence electrons. The Bertz CT molecular complexity index is 737. The Balaban J connectivity index is 2.00. The summed E-state index contributed by atoms with van der Waals surface area (Å²) in [6, 6.07) is 17.6. The fourth-order valence-corrected chi connectivity index (χ4v) is 5.28. The van der Waals surface area contributed by atoms with Gasteiger partial charge in [-0.15, -0.1) is 0 Å². The Morgan fingerprint density at radius 3 is 2.57 bits per heavy atom. The van der Waals surface area contributed by atoms with E-state index < -0.39 is 0 Å². The Morgan fingerprint density at radius 2 is 1.83 bits per heavy atom. The van der Waals surface area contributed by atoms with Gasteiger partial charge in [-0.2, -0.15) is 0 Å². The molecule has 4 rings (SSSR count). The van der Waals surface area contributed by atoms with Crippen LogP contribution < -0.4 is 0 Å². The summed E-state index contributed by atoms with van der Waals surface area (Å²) < 4.78 is 1.09. The van der Waals surface area contributed by atoms with Gasteiger partial charge in [-0.1, -0.05) is 43.3 Å². The highest BCUT2D eigenvalue weighted by molar-refractivity contribution is 5.50. The van der Waals surface area contributed by atoms with Gasteiger partial charge in [0.15, 0.2) is 0 Å². The van der Waals surface area contributed by atoms with Gasteiger partial charge < -0.3 is 9.59 Å². The van der Waals surface area contributed by atoms with Gasteiger partial charge in [0.2, 0.25) is 0 Å². The second-order valence-corrected chi connectivity index (χ2v) is 7.99. The molecule has 2 aliphatic rings. The smallest absolute Gasteiger partial charge is 0.115 e. The van der Waals surface area contributed by atoms with Crippen LogP contribution in [0, 0.1) is 5.92 Å². The number of rotatable bonds is 1. The highest BCUT2D eigenvalue weighted by Crippen LogP contribution is 2.54. The molecule has 0 saturated carbocycles. The van der Waals surface area contributed by atoms with E-state index in [4.69, 9.17) is 0 Å². The minimum absolute atomic E-state index is 0.0337. The minimum atomic E-state index is 0.0337. The first-order valence-electron chi connectivity index (χ1n) is 8.66. The van der Waals surface area contributed by atoms with Crippen molar-refractivity contribution in [1.29, 1.82) is 0 Å². The maximum absolute atomic E-state index is 10.1. The summed E-state index contributed by atoms with van der Waals surface area (Å²) >= 11 is 0. The first-order valence-corrected chi connectivity index (χ1v) is 8.66.